The van der Waals surface area contributed by atoms with Gasteiger partial charge in [-0.05, 0) is 6.07 Å². The van der Waals surface area contributed by atoms with Crippen LogP contribution in [0.25, 0.3) is 0 Å². The number of nitrogens with two attached hydrogens (primary N) is 1. The van der Waals surface area contributed by atoms with E-state index >= 15 is 0 Å². The molecule has 0 aliphatic carbocycles. The SMILES string of the molecule is Cn1nccc1S(N)=O. The van der Waals surface area contributed by atoms with Gasteiger partial charge in [0.15, 0.2) is 0 Å². The fraction of sp³-hybridized carbons (Fsp3) is 0.250. The molecule has 0 spiro atoms. The van der Waals surface area contributed by atoms with E-state index in [0.717, 1.165) is 0 Å². The van der Waals surface area contributed by atoms with E-state index in [0.29, 0.717) is 5.03 Å². The third-order valence-corrected chi connectivity index (χ3v) is 1.79. The first-order valence-electron chi connectivity index (χ1n) is 2.36. The normalized spacial score (nSPS) is 13.6. The van der Waals surface area contributed by atoms with E-state index in [1.807, 2.05) is 0 Å². The van der Waals surface area contributed by atoms with Gasteiger partial charge < -0.3 is 0 Å². The lowest BCUT2D eigenvalue weighted by atomic mass is 10.7. The molecule has 0 radical (unpaired) electrons. The standard InChI is InChI=1S/C4H7N3OS/c1-7-4(9(5)8)2-3-6-7/h2-3H,5H2,1H3. The molecule has 1 unspecified atom stereocenters. The van der Waals surface area contributed by atoms with Gasteiger partial charge in [0.2, 0.25) is 0 Å². The van der Waals surface area contributed by atoms with Crippen LogP contribution < -0.4 is 5.14 Å². The lowest BCUT2D eigenvalue weighted by Gasteiger charge is -1.92. The van der Waals surface area contributed by atoms with Crippen molar-refractivity contribution in [2.75, 3.05) is 0 Å². The minimum Gasteiger partial charge on any atom is -0.258 e. The molecule has 9 heavy (non-hydrogen) atoms. The first kappa shape index (κ1) is 6.44. The quantitative estimate of drug-likeness (QED) is 0.573. The van der Waals surface area contributed by atoms with Gasteiger partial charge in [-0.3, -0.25) is 4.68 Å². The molecule has 2 N–H and O–H groups in total. The minimum absolute atomic E-state index is 0.537. The molecule has 5 heteroatoms. The monoisotopic (exact) mass is 145 g/mol. The van der Waals surface area contributed by atoms with Crippen molar-refractivity contribution < 1.29 is 4.21 Å². The Balaban J connectivity index is 3.08. The molecule has 0 bridgehead atoms. The molecule has 1 atom stereocenters. The Morgan fingerprint density at radius 2 is 2.56 bits per heavy atom. The van der Waals surface area contributed by atoms with Crippen molar-refractivity contribution in [3.8, 4) is 0 Å². The number of aryl methyl sites for hydroxylation is 1. The van der Waals surface area contributed by atoms with Gasteiger partial charge in [0.25, 0.3) is 0 Å². The van der Waals surface area contributed by atoms with Crippen LogP contribution in [0.3, 0.4) is 0 Å². The molecule has 0 saturated carbocycles. The second kappa shape index (κ2) is 2.28. The van der Waals surface area contributed by atoms with Gasteiger partial charge in [-0.25, -0.2) is 9.35 Å². The Morgan fingerprint density at radius 1 is 1.89 bits per heavy atom. The average molecular weight is 145 g/mol. The zero-order chi connectivity index (χ0) is 6.85. The lowest BCUT2D eigenvalue weighted by Crippen LogP contribution is -2.08. The number of aromatic nitrogens is 2. The molecule has 1 aromatic heterocycles. The summed E-state index contributed by atoms with van der Waals surface area (Å²) < 4.78 is 12.0. The molecule has 0 aromatic carbocycles. The van der Waals surface area contributed by atoms with E-state index in [1.54, 1.807) is 19.3 Å². The van der Waals surface area contributed by atoms with Crippen LogP contribution >= 0.6 is 0 Å². The zero-order valence-electron chi connectivity index (χ0n) is 4.94. The molecule has 0 aliphatic heterocycles. The van der Waals surface area contributed by atoms with Crippen molar-refractivity contribution in [2.24, 2.45) is 12.2 Å². The van der Waals surface area contributed by atoms with Gasteiger partial charge in [0.1, 0.15) is 16.0 Å². The van der Waals surface area contributed by atoms with Gasteiger partial charge in [0, 0.05) is 7.05 Å². The average Bonchev–Trinajstić information content (AvgIpc) is 2.13. The predicted molar refractivity (Wildman–Crippen MR) is 33.8 cm³/mol. The fourth-order valence-electron chi connectivity index (χ4n) is 0.559. The van der Waals surface area contributed by atoms with E-state index in [-0.39, 0.29) is 0 Å². The molecule has 1 heterocycles. The van der Waals surface area contributed by atoms with Crippen LogP contribution in [-0.2, 0) is 18.0 Å². The third-order valence-electron chi connectivity index (χ3n) is 0.982. The highest BCUT2D eigenvalue weighted by Gasteiger charge is 2.00. The van der Waals surface area contributed by atoms with E-state index in [2.05, 4.69) is 5.10 Å². The summed E-state index contributed by atoms with van der Waals surface area (Å²) in [5.41, 5.74) is 0. The highest BCUT2D eigenvalue weighted by Crippen LogP contribution is 1.97. The van der Waals surface area contributed by atoms with Gasteiger partial charge >= 0.3 is 0 Å². The second-order valence-corrected chi connectivity index (χ2v) is 2.60. The molecule has 1 aromatic rings. The summed E-state index contributed by atoms with van der Waals surface area (Å²) >= 11 is 0. The second-order valence-electron chi connectivity index (χ2n) is 1.59. The van der Waals surface area contributed by atoms with Crippen molar-refractivity contribution >= 4 is 11.0 Å². The van der Waals surface area contributed by atoms with E-state index in [9.17, 15) is 4.21 Å². The van der Waals surface area contributed by atoms with Crippen LogP contribution in [0.2, 0.25) is 0 Å². The number of hydrogen-bond acceptors (Lipinski definition) is 2. The van der Waals surface area contributed by atoms with Gasteiger partial charge in [-0.15, -0.1) is 0 Å². The van der Waals surface area contributed by atoms with E-state index < -0.39 is 11.0 Å². The zero-order valence-corrected chi connectivity index (χ0v) is 5.76. The van der Waals surface area contributed by atoms with Crippen LogP contribution in [-0.4, -0.2) is 14.0 Å². The molecule has 0 aliphatic rings. The van der Waals surface area contributed by atoms with Crippen molar-refractivity contribution in [1.82, 2.24) is 9.78 Å². The summed E-state index contributed by atoms with van der Waals surface area (Å²) in [6, 6.07) is 1.62. The Bertz CT molecular complexity index is 231. The molecular weight excluding hydrogens is 138 g/mol. The van der Waals surface area contributed by atoms with Crippen LogP contribution in [0, 0.1) is 0 Å². The van der Waals surface area contributed by atoms with Gasteiger partial charge in [-0.2, -0.15) is 5.10 Å². The largest absolute Gasteiger partial charge is 0.258 e. The smallest absolute Gasteiger partial charge is 0.140 e. The third kappa shape index (κ3) is 1.17. The highest BCUT2D eigenvalue weighted by molar-refractivity contribution is 7.82. The summed E-state index contributed by atoms with van der Waals surface area (Å²) in [5, 5.41) is 9.39. The molecule has 4 nitrogen and oxygen atoms in total. The van der Waals surface area contributed by atoms with Crippen molar-refractivity contribution in [3.63, 3.8) is 0 Å². The topological polar surface area (TPSA) is 60.9 Å². The Hall–Kier alpha value is -0.680. The molecule has 50 valence electrons. The first-order chi connectivity index (χ1) is 4.22. The number of hydrogen-bond donors (Lipinski definition) is 1. The van der Waals surface area contributed by atoms with Crippen LogP contribution in [0.4, 0.5) is 0 Å². The van der Waals surface area contributed by atoms with Crippen LogP contribution in [0.5, 0.6) is 0 Å². The van der Waals surface area contributed by atoms with Gasteiger partial charge in [0.05, 0.1) is 6.20 Å². The number of rotatable bonds is 1. The molecule has 0 amide bonds. The van der Waals surface area contributed by atoms with Crippen LogP contribution in [0.1, 0.15) is 0 Å². The Labute approximate surface area is 55.3 Å². The van der Waals surface area contributed by atoms with Gasteiger partial charge in [-0.1, -0.05) is 0 Å². The maximum Gasteiger partial charge on any atom is 0.140 e. The minimum atomic E-state index is -1.41. The van der Waals surface area contributed by atoms with E-state index in [4.69, 9.17) is 5.14 Å². The molecular formula is C4H7N3OS. The van der Waals surface area contributed by atoms with E-state index in [1.165, 1.54) is 4.68 Å². The Kier molecular flexibility index (Phi) is 1.63. The predicted octanol–water partition coefficient (Wildman–Crippen LogP) is -0.599. The maximum absolute atomic E-state index is 10.6. The number of nitrogens with zero attached hydrogens (tertiary/aromatic N) is 2. The first-order valence-corrected chi connectivity index (χ1v) is 3.57. The van der Waals surface area contributed by atoms with Crippen molar-refractivity contribution in [2.45, 2.75) is 5.03 Å². The van der Waals surface area contributed by atoms with Crippen LogP contribution in [0.15, 0.2) is 17.3 Å². The maximum atomic E-state index is 10.6. The molecule has 1 rings (SSSR count). The lowest BCUT2D eigenvalue weighted by molar-refractivity contribution is 0.653. The Morgan fingerprint density at radius 3 is 2.78 bits per heavy atom. The summed E-state index contributed by atoms with van der Waals surface area (Å²) in [6.45, 7) is 0. The summed E-state index contributed by atoms with van der Waals surface area (Å²) in [6.07, 6.45) is 1.56. The molecule has 0 fully saturated rings. The highest BCUT2D eigenvalue weighted by atomic mass is 32.2. The van der Waals surface area contributed by atoms with Crippen molar-refractivity contribution in [3.05, 3.63) is 12.3 Å². The molecule has 0 saturated heterocycles. The fourth-order valence-corrected chi connectivity index (χ4v) is 1.06. The summed E-state index contributed by atoms with van der Waals surface area (Å²) in [4.78, 5) is 0. The van der Waals surface area contributed by atoms with Crippen molar-refractivity contribution in [1.29, 1.82) is 0 Å². The summed E-state index contributed by atoms with van der Waals surface area (Å²) in [7, 11) is 0.286. The summed E-state index contributed by atoms with van der Waals surface area (Å²) in [5.74, 6) is 0.